The summed E-state index contributed by atoms with van der Waals surface area (Å²) in [4.78, 5) is 0. The summed E-state index contributed by atoms with van der Waals surface area (Å²) in [6.45, 7) is 18.2. The summed E-state index contributed by atoms with van der Waals surface area (Å²) < 4.78 is 0. The van der Waals surface area contributed by atoms with Crippen LogP contribution in [0.5, 0.6) is 0 Å². The van der Waals surface area contributed by atoms with E-state index >= 15 is 0 Å². The molecule has 0 amide bonds. The van der Waals surface area contributed by atoms with Gasteiger partial charge < -0.3 is 5.32 Å². The highest BCUT2D eigenvalue weighted by atomic mass is 15.0. The van der Waals surface area contributed by atoms with Gasteiger partial charge in [0.15, 0.2) is 0 Å². The predicted octanol–water partition coefficient (Wildman–Crippen LogP) is 10.2. The topological polar surface area (TPSA) is 12.0 Å². The Morgan fingerprint density at radius 2 is 1.28 bits per heavy atom. The van der Waals surface area contributed by atoms with Gasteiger partial charge in [0.25, 0.3) is 0 Å². The van der Waals surface area contributed by atoms with Crippen LogP contribution >= 0.6 is 0 Å². The fourth-order valence-electron chi connectivity index (χ4n) is 3.71. The molecule has 1 nitrogen and oxygen atoms in total. The lowest BCUT2D eigenvalue weighted by Crippen LogP contribution is -2.31. The van der Waals surface area contributed by atoms with Gasteiger partial charge in [-0.15, -0.1) is 0 Å². The second-order valence-electron chi connectivity index (χ2n) is 8.74. The van der Waals surface area contributed by atoms with Crippen molar-refractivity contribution in [1.29, 1.82) is 0 Å². The largest absolute Gasteiger partial charge is 0.376 e. The molecule has 3 aromatic carbocycles. The number of allylic oxidation sites excluding steroid dienone is 5. The zero-order valence-corrected chi connectivity index (χ0v) is 22.6. The highest BCUT2D eigenvalue weighted by molar-refractivity contribution is 5.70. The summed E-state index contributed by atoms with van der Waals surface area (Å²) >= 11 is 0. The second kappa shape index (κ2) is 14.5. The van der Waals surface area contributed by atoms with Gasteiger partial charge in [0.1, 0.15) is 0 Å². The first-order chi connectivity index (χ1) is 17.5. The van der Waals surface area contributed by atoms with Crippen molar-refractivity contribution in [3.63, 3.8) is 0 Å². The van der Waals surface area contributed by atoms with Gasteiger partial charge in [-0.3, -0.25) is 0 Å². The first-order valence-electron chi connectivity index (χ1n) is 12.8. The summed E-state index contributed by atoms with van der Waals surface area (Å²) in [5.41, 5.74) is 8.10. The molecule has 0 aliphatic rings. The van der Waals surface area contributed by atoms with Crippen molar-refractivity contribution in [2.45, 2.75) is 46.6 Å². The number of aryl methyl sites for hydroxylation is 1. The smallest absolute Gasteiger partial charge is 0.0594 e. The predicted molar refractivity (Wildman–Crippen MR) is 163 cm³/mol. The molecule has 1 atom stereocenters. The molecule has 1 heteroatoms. The van der Waals surface area contributed by atoms with E-state index in [1.165, 1.54) is 22.3 Å². The van der Waals surface area contributed by atoms with E-state index in [2.05, 4.69) is 130 Å². The van der Waals surface area contributed by atoms with Crippen molar-refractivity contribution in [2.75, 3.05) is 5.32 Å². The van der Waals surface area contributed by atoms with Crippen LogP contribution in [0.1, 0.15) is 61.9 Å². The van der Waals surface area contributed by atoms with Crippen molar-refractivity contribution in [1.82, 2.24) is 0 Å². The van der Waals surface area contributed by atoms with E-state index in [1.54, 1.807) is 6.08 Å². The van der Waals surface area contributed by atoms with Gasteiger partial charge in [-0.25, -0.2) is 0 Å². The maximum Gasteiger partial charge on any atom is 0.0594 e. The molecule has 0 aromatic heterocycles. The van der Waals surface area contributed by atoms with Crippen LogP contribution in [0.3, 0.4) is 0 Å². The molecule has 0 bridgehead atoms. The average Bonchev–Trinajstić information content (AvgIpc) is 2.93. The molecule has 186 valence electrons. The Kier molecular flexibility index (Phi) is 11.5. The van der Waals surface area contributed by atoms with E-state index in [4.69, 9.17) is 0 Å². The number of rotatable bonds is 10. The zero-order valence-electron chi connectivity index (χ0n) is 22.6. The van der Waals surface area contributed by atoms with Crippen molar-refractivity contribution >= 4 is 23.9 Å². The van der Waals surface area contributed by atoms with Crippen LogP contribution in [0.4, 0.5) is 5.69 Å². The fourth-order valence-corrected chi connectivity index (χ4v) is 3.71. The van der Waals surface area contributed by atoms with Crippen molar-refractivity contribution < 1.29 is 0 Å². The molecular weight excluding hydrogens is 434 g/mol. The molecular formula is C35H41N. The molecule has 0 radical (unpaired) electrons. The van der Waals surface area contributed by atoms with E-state index in [0.29, 0.717) is 0 Å². The van der Waals surface area contributed by atoms with Crippen molar-refractivity contribution in [3.8, 4) is 0 Å². The lowest BCUT2D eigenvalue weighted by molar-refractivity contribution is 0.523. The monoisotopic (exact) mass is 475 g/mol. The highest BCUT2D eigenvalue weighted by Gasteiger charge is 2.24. The molecule has 36 heavy (non-hydrogen) atoms. The third kappa shape index (κ3) is 8.43. The van der Waals surface area contributed by atoms with Crippen LogP contribution in [0, 0.1) is 6.92 Å². The minimum absolute atomic E-state index is 0.154. The number of hydrogen-bond acceptors (Lipinski definition) is 1. The number of hydrogen-bond donors (Lipinski definition) is 1. The number of anilines is 1. The molecule has 0 aliphatic carbocycles. The van der Waals surface area contributed by atoms with Gasteiger partial charge in [0.2, 0.25) is 0 Å². The van der Waals surface area contributed by atoms with E-state index < -0.39 is 0 Å². The Morgan fingerprint density at radius 3 is 1.78 bits per heavy atom. The Hall–Kier alpha value is -3.84. The van der Waals surface area contributed by atoms with Crippen LogP contribution in [0.15, 0.2) is 116 Å². The molecule has 1 unspecified atom stereocenters. The minimum atomic E-state index is -0.154. The van der Waals surface area contributed by atoms with E-state index in [1.807, 2.05) is 32.1 Å². The van der Waals surface area contributed by atoms with Crippen LogP contribution < -0.4 is 5.32 Å². The van der Waals surface area contributed by atoms with Gasteiger partial charge in [-0.2, -0.15) is 0 Å². The normalized spacial score (nSPS) is 13.1. The van der Waals surface area contributed by atoms with Crippen molar-refractivity contribution in [2.24, 2.45) is 0 Å². The van der Waals surface area contributed by atoms with Crippen LogP contribution in [-0.4, -0.2) is 0 Å². The van der Waals surface area contributed by atoms with E-state index in [-0.39, 0.29) is 5.54 Å². The Labute approximate surface area is 219 Å². The van der Waals surface area contributed by atoms with Gasteiger partial charge in [0.05, 0.1) is 5.54 Å². The molecule has 0 spiro atoms. The molecule has 1 N–H and O–H groups in total. The molecule has 0 saturated carbocycles. The standard InChI is InChI=1S/C33H35N.C2H6/c1-6-9-27(7-2)14-15-30-20-24-32(25-21-30)34-33(5,8-3)31-22-18-29(19-23-31)17-16-28-12-10-26(4)11-13-28;1-2/h6-7,9-25,34H,1-2,8H2,3-5H3;1-2H3/b15-14+,17-16+,27-9+;. The number of nitrogens with one attached hydrogen (secondary N) is 1. The third-order valence-electron chi connectivity index (χ3n) is 6.15. The molecule has 3 aromatic rings. The lowest BCUT2D eigenvalue weighted by atomic mass is 9.88. The third-order valence-corrected chi connectivity index (χ3v) is 6.15. The quantitative estimate of drug-likeness (QED) is 0.227. The highest BCUT2D eigenvalue weighted by Crippen LogP contribution is 2.30. The number of benzene rings is 3. The Morgan fingerprint density at radius 1 is 0.778 bits per heavy atom. The molecule has 0 heterocycles. The van der Waals surface area contributed by atoms with Gasteiger partial charge in [0, 0.05) is 5.69 Å². The summed E-state index contributed by atoms with van der Waals surface area (Å²) in [5, 5.41) is 3.74. The fraction of sp³-hybridized carbons (Fsp3) is 0.200. The summed E-state index contributed by atoms with van der Waals surface area (Å²) in [6, 6.07) is 25.9. The van der Waals surface area contributed by atoms with Gasteiger partial charge in [-0.1, -0.05) is 143 Å². The van der Waals surface area contributed by atoms with Crippen LogP contribution in [0.25, 0.3) is 18.2 Å². The molecule has 3 rings (SSSR count). The van der Waals surface area contributed by atoms with Gasteiger partial charge >= 0.3 is 0 Å². The van der Waals surface area contributed by atoms with Crippen molar-refractivity contribution in [3.05, 3.63) is 144 Å². The Balaban J connectivity index is 0.00000222. The maximum atomic E-state index is 3.84. The van der Waals surface area contributed by atoms with E-state index in [0.717, 1.165) is 23.2 Å². The summed E-state index contributed by atoms with van der Waals surface area (Å²) in [7, 11) is 0. The maximum absolute atomic E-state index is 3.84. The lowest BCUT2D eigenvalue weighted by Gasteiger charge is -2.32. The first-order valence-corrected chi connectivity index (χ1v) is 12.8. The minimum Gasteiger partial charge on any atom is -0.376 e. The molecule has 0 aliphatic heterocycles. The van der Waals surface area contributed by atoms with Crippen LogP contribution in [0.2, 0.25) is 0 Å². The van der Waals surface area contributed by atoms with E-state index in [9.17, 15) is 0 Å². The Bertz CT molecular complexity index is 1170. The average molecular weight is 476 g/mol. The SMILES string of the molecule is C=C/C=C(C=C)/C=C/c1ccc(NC(C)(CC)c2ccc(/C=C/c3ccc(C)cc3)cc2)cc1.CC. The first kappa shape index (κ1) is 28.4. The van der Waals surface area contributed by atoms with Gasteiger partial charge in [-0.05, 0) is 60.2 Å². The molecule has 0 saturated heterocycles. The molecule has 0 fully saturated rings. The second-order valence-corrected chi connectivity index (χ2v) is 8.74. The zero-order chi connectivity index (χ0) is 26.4. The summed E-state index contributed by atoms with van der Waals surface area (Å²) in [6.07, 6.45) is 15.0. The van der Waals surface area contributed by atoms with Crippen LogP contribution in [-0.2, 0) is 5.54 Å². The summed E-state index contributed by atoms with van der Waals surface area (Å²) in [5.74, 6) is 0.